The second-order valence-electron chi connectivity index (χ2n) is 3.41. The van der Waals surface area contributed by atoms with Crippen molar-refractivity contribution in [2.24, 2.45) is 0 Å². The average molecular weight is 210 g/mol. The first-order chi connectivity index (χ1) is 7.09. The molecule has 4 nitrogen and oxygen atoms in total. The molecule has 4 heteroatoms. The number of benzene rings is 1. The summed E-state index contributed by atoms with van der Waals surface area (Å²) in [7, 11) is 0. The van der Waals surface area contributed by atoms with Crippen LogP contribution in [0.4, 0.5) is 0 Å². The molecule has 15 heavy (non-hydrogen) atoms. The van der Waals surface area contributed by atoms with Crippen molar-refractivity contribution in [1.82, 2.24) is 0 Å². The molecule has 0 unspecified atom stereocenters. The average Bonchev–Trinajstić information content (AvgIpc) is 2.20. The lowest BCUT2D eigenvalue weighted by atomic mass is 10.1. The Morgan fingerprint density at radius 2 is 1.87 bits per heavy atom. The molecule has 0 radical (unpaired) electrons. The van der Waals surface area contributed by atoms with E-state index >= 15 is 0 Å². The molecule has 1 atom stereocenters. The number of aryl methyl sites for hydroxylation is 1. The molecule has 0 fully saturated rings. The molecule has 0 bridgehead atoms. The van der Waals surface area contributed by atoms with Crippen LogP contribution in [0, 0.1) is 0 Å². The third kappa shape index (κ3) is 3.99. The number of aromatic hydroxyl groups is 1. The van der Waals surface area contributed by atoms with E-state index < -0.39 is 12.1 Å². The van der Waals surface area contributed by atoms with Gasteiger partial charge >= 0.3 is 5.97 Å². The van der Waals surface area contributed by atoms with Gasteiger partial charge in [-0.15, -0.1) is 0 Å². The zero-order valence-corrected chi connectivity index (χ0v) is 8.26. The Balaban J connectivity index is 2.32. The fourth-order valence-corrected chi connectivity index (χ4v) is 1.29. The third-order valence-electron chi connectivity index (χ3n) is 2.16. The minimum absolute atomic E-state index is 0.212. The Morgan fingerprint density at radius 1 is 1.27 bits per heavy atom. The van der Waals surface area contributed by atoms with Crippen LogP contribution in [0.25, 0.3) is 0 Å². The SMILES string of the molecule is O=C(O)[C@H](O)CCCc1ccc(O)cc1. The van der Waals surface area contributed by atoms with Crippen LogP contribution in [-0.4, -0.2) is 27.4 Å². The number of hydrogen-bond acceptors (Lipinski definition) is 3. The lowest BCUT2D eigenvalue weighted by Gasteiger charge is -2.05. The van der Waals surface area contributed by atoms with Crippen LogP contribution in [0.5, 0.6) is 5.75 Å². The maximum atomic E-state index is 10.3. The van der Waals surface area contributed by atoms with Crippen LogP contribution in [-0.2, 0) is 11.2 Å². The van der Waals surface area contributed by atoms with Crippen LogP contribution in [0.3, 0.4) is 0 Å². The number of hydrogen-bond donors (Lipinski definition) is 3. The number of carbonyl (C=O) groups is 1. The van der Waals surface area contributed by atoms with E-state index in [0.717, 1.165) is 5.56 Å². The first kappa shape index (κ1) is 11.5. The van der Waals surface area contributed by atoms with Gasteiger partial charge < -0.3 is 15.3 Å². The number of aliphatic hydroxyl groups is 1. The minimum Gasteiger partial charge on any atom is -0.508 e. The predicted octanol–water partition coefficient (Wildman–Crippen LogP) is 1.16. The van der Waals surface area contributed by atoms with E-state index in [-0.39, 0.29) is 12.2 Å². The Bertz CT molecular complexity index is 318. The van der Waals surface area contributed by atoms with Gasteiger partial charge in [-0.2, -0.15) is 0 Å². The van der Waals surface area contributed by atoms with Crippen molar-refractivity contribution in [3.8, 4) is 5.75 Å². The number of carboxylic acids is 1. The fourth-order valence-electron chi connectivity index (χ4n) is 1.29. The molecule has 0 heterocycles. The molecular weight excluding hydrogens is 196 g/mol. The second-order valence-corrected chi connectivity index (χ2v) is 3.41. The number of phenolic OH excluding ortho intramolecular Hbond substituents is 1. The van der Waals surface area contributed by atoms with Crippen molar-refractivity contribution in [2.45, 2.75) is 25.4 Å². The lowest BCUT2D eigenvalue weighted by Crippen LogP contribution is -2.19. The van der Waals surface area contributed by atoms with Gasteiger partial charge in [-0.1, -0.05) is 12.1 Å². The molecule has 0 aliphatic rings. The van der Waals surface area contributed by atoms with Crippen LogP contribution >= 0.6 is 0 Å². The molecule has 1 aromatic rings. The monoisotopic (exact) mass is 210 g/mol. The first-order valence-corrected chi connectivity index (χ1v) is 4.78. The van der Waals surface area contributed by atoms with Crippen molar-refractivity contribution in [3.63, 3.8) is 0 Å². The second kappa shape index (κ2) is 5.36. The molecule has 82 valence electrons. The largest absolute Gasteiger partial charge is 0.508 e. The predicted molar refractivity (Wildman–Crippen MR) is 54.7 cm³/mol. The number of aliphatic hydroxyl groups excluding tert-OH is 1. The normalized spacial score (nSPS) is 12.3. The maximum Gasteiger partial charge on any atom is 0.332 e. The standard InChI is InChI=1S/C11H14O4/c12-9-6-4-8(5-7-9)2-1-3-10(13)11(14)15/h4-7,10,12-13H,1-3H2,(H,14,15)/t10-/m1/s1. The molecule has 1 aromatic carbocycles. The van der Waals surface area contributed by atoms with Crippen LogP contribution in [0.15, 0.2) is 24.3 Å². The Labute approximate surface area is 87.8 Å². The van der Waals surface area contributed by atoms with Crippen molar-refractivity contribution in [3.05, 3.63) is 29.8 Å². The summed E-state index contributed by atoms with van der Waals surface area (Å²) in [5.41, 5.74) is 1.02. The topological polar surface area (TPSA) is 77.8 Å². The van der Waals surface area contributed by atoms with E-state index in [1.54, 1.807) is 24.3 Å². The van der Waals surface area contributed by atoms with Gasteiger partial charge in [0.05, 0.1) is 0 Å². The van der Waals surface area contributed by atoms with E-state index in [2.05, 4.69) is 0 Å². The smallest absolute Gasteiger partial charge is 0.332 e. The molecule has 3 N–H and O–H groups in total. The molecule has 0 amide bonds. The van der Waals surface area contributed by atoms with Crippen molar-refractivity contribution in [1.29, 1.82) is 0 Å². The Morgan fingerprint density at radius 3 is 2.40 bits per heavy atom. The van der Waals surface area contributed by atoms with Gasteiger partial charge in [0.15, 0.2) is 6.10 Å². The molecule has 0 aliphatic carbocycles. The fraction of sp³-hybridized carbons (Fsp3) is 0.364. The lowest BCUT2D eigenvalue weighted by molar-refractivity contribution is -0.146. The van der Waals surface area contributed by atoms with Gasteiger partial charge in [0.2, 0.25) is 0 Å². The van der Waals surface area contributed by atoms with E-state index in [1.165, 1.54) is 0 Å². The summed E-state index contributed by atoms with van der Waals surface area (Å²) >= 11 is 0. The van der Waals surface area contributed by atoms with Gasteiger partial charge in [0, 0.05) is 0 Å². The van der Waals surface area contributed by atoms with Gasteiger partial charge in [0.1, 0.15) is 5.75 Å². The highest BCUT2D eigenvalue weighted by atomic mass is 16.4. The first-order valence-electron chi connectivity index (χ1n) is 4.78. The summed E-state index contributed by atoms with van der Waals surface area (Å²) in [5, 5.41) is 26.5. The number of phenols is 1. The highest BCUT2D eigenvalue weighted by Gasteiger charge is 2.11. The zero-order chi connectivity index (χ0) is 11.3. The van der Waals surface area contributed by atoms with Gasteiger partial charge in [-0.05, 0) is 37.0 Å². The Kier molecular flexibility index (Phi) is 4.12. The Hall–Kier alpha value is -1.55. The highest BCUT2D eigenvalue weighted by molar-refractivity contribution is 5.71. The van der Waals surface area contributed by atoms with Crippen LogP contribution < -0.4 is 0 Å². The summed E-state index contributed by atoms with van der Waals surface area (Å²) < 4.78 is 0. The summed E-state index contributed by atoms with van der Waals surface area (Å²) in [6, 6.07) is 6.73. The summed E-state index contributed by atoms with van der Waals surface area (Å²) in [6.07, 6.45) is 0.279. The minimum atomic E-state index is -1.28. The van der Waals surface area contributed by atoms with E-state index in [0.29, 0.717) is 12.8 Å². The molecule has 0 aromatic heterocycles. The quantitative estimate of drug-likeness (QED) is 0.681. The molecule has 0 saturated carbocycles. The number of rotatable bonds is 5. The van der Waals surface area contributed by atoms with Crippen molar-refractivity contribution in [2.75, 3.05) is 0 Å². The molecule has 0 saturated heterocycles. The molecule has 1 rings (SSSR count). The number of aliphatic carboxylic acids is 1. The van der Waals surface area contributed by atoms with E-state index in [4.69, 9.17) is 15.3 Å². The van der Waals surface area contributed by atoms with Crippen LogP contribution in [0.1, 0.15) is 18.4 Å². The molecule has 0 aliphatic heterocycles. The van der Waals surface area contributed by atoms with Gasteiger partial charge in [-0.25, -0.2) is 4.79 Å². The number of carboxylic acid groups (broad SMARTS) is 1. The van der Waals surface area contributed by atoms with Gasteiger partial charge in [0.25, 0.3) is 0 Å². The summed E-state index contributed by atoms with van der Waals surface area (Å²) in [6.45, 7) is 0. The third-order valence-corrected chi connectivity index (χ3v) is 2.16. The van der Waals surface area contributed by atoms with E-state index in [9.17, 15) is 4.79 Å². The van der Waals surface area contributed by atoms with Crippen LogP contribution in [0.2, 0.25) is 0 Å². The highest BCUT2D eigenvalue weighted by Crippen LogP contribution is 2.12. The maximum absolute atomic E-state index is 10.3. The summed E-state index contributed by atoms with van der Waals surface area (Å²) in [4.78, 5) is 10.3. The van der Waals surface area contributed by atoms with Crippen molar-refractivity contribution < 1.29 is 20.1 Å². The molecule has 0 spiro atoms. The van der Waals surface area contributed by atoms with Crippen molar-refractivity contribution >= 4 is 5.97 Å². The molecular formula is C11H14O4. The van der Waals surface area contributed by atoms with E-state index in [1.807, 2.05) is 0 Å². The zero-order valence-electron chi connectivity index (χ0n) is 8.26. The summed E-state index contributed by atoms with van der Waals surface area (Å²) in [5.74, 6) is -0.968. The van der Waals surface area contributed by atoms with Gasteiger partial charge in [-0.3, -0.25) is 0 Å².